The Morgan fingerprint density at radius 3 is 2.81 bits per heavy atom. The van der Waals surface area contributed by atoms with Crippen LogP contribution in [0.15, 0.2) is 12.1 Å². The smallest absolute Gasteiger partial charge is 0.312 e. The lowest BCUT2D eigenvalue weighted by Gasteiger charge is -2.13. The van der Waals surface area contributed by atoms with E-state index in [2.05, 4.69) is 15.9 Å². The standard InChI is InChI=1S/C9H8BrClFNO3/c1-5(4-10)16-9-7(13(14)15)3-2-6(12)8(9)11/h2-3,5H,4H2,1H3/t5-/m0/s1. The van der Waals surface area contributed by atoms with Crippen molar-refractivity contribution >= 4 is 33.2 Å². The fourth-order valence-electron chi connectivity index (χ4n) is 1.01. The zero-order valence-electron chi connectivity index (χ0n) is 8.25. The van der Waals surface area contributed by atoms with Gasteiger partial charge < -0.3 is 4.74 Å². The van der Waals surface area contributed by atoms with Crippen molar-refractivity contribution in [2.75, 3.05) is 5.33 Å². The first-order valence-corrected chi connectivity index (χ1v) is 5.82. The summed E-state index contributed by atoms with van der Waals surface area (Å²) in [7, 11) is 0. The average molecular weight is 313 g/mol. The van der Waals surface area contributed by atoms with Crippen LogP contribution in [0.5, 0.6) is 5.75 Å². The van der Waals surface area contributed by atoms with Gasteiger partial charge in [-0.3, -0.25) is 10.1 Å². The summed E-state index contributed by atoms with van der Waals surface area (Å²) in [6, 6.07) is 1.96. The summed E-state index contributed by atoms with van der Waals surface area (Å²) in [6.07, 6.45) is -0.349. The van der Waals surface area contributed by atoms with E-state index in [0.717, 1.165) is 12.1 Å². The second-order valence-corrected chi connectivity index (χ2v) is 4.07. The van der Waals surface area contributed by atoms with Crippen LogP contribution in [-0.2, 0) is 0 Å². The highest BCUT2D eigenvalue weighted by Crippen LogP contribution is 2.37. The van der Waals surface area contributed by atoms with Gasteiger partial charge in [-0.2, -0.15) is 0 Å². The molecule has 0 aliphatic carbocycles. The van der Waals surface area contributed by atoms with Crippen LogP contribution < -0.4 is 4.74 Å². The number of nitrogens with zero attached hydrogens (tertiary/aromatic N) is 1. The Hall–Kier alpha value is -0.880. The van der Waals surface area contributed by atoms with Crippen LogP contribution in [0.2, 0.25) is 5.02 Å². The lowest BCUT2D eigenvalue weighted by atomic mass is 10.3. The molecule has 88 valence electrons. The van der Waals surface area contributed by atoms with Crippen LogP contribution in [0.1, 0.15) is 6.92 Å². The van der Waals surface area contributed by atoms with E-state index in [9.17, 15) is 14.5 Å². The second kappa shape index (κ2) is 5.45. The van der Waals surface area contributed by atoms with Gasteiger partial charge in [0, 0.05) is 11.4 Å². The fraction of sp³-hybridized carbons (Fsp3) is 0.333. The molecular weight excluding hydrogens is 304 g/mol. The largest absolute Gasteiger partial charge is 0.482 e. The van der Waals surface area contributed by atoms with E-state index in [1.54, 1.807) is 6.92 Å². The second-order valence-electron chi connectivity index (χ2n) is 3.05. The Morgan fingerprint density at radius 2 is 2.31 bits per heavy atom. The number of nitro benzene ring substituents is 1. The van der Waals surface area contributed by atoms with Crippen LogP contribution in [0.4, 0.5) is 10.1 Å². The van der Waals surface area contributed by atoms with Gasteiger partial charge in [-0.15, -0.1) is 0 Å². The maximum atomic E-state index is 13.1. The van der Waals surface area contributed by atoms with Crippen molar-refractivity contribution < 1.29 is 14.1 Å². The molecule has 16 heavy (non-hydrogen) atoms. The first kappa shape index (κ1) is 13.2. The number of ether oxygens (including phenoxy) is 1. The molecule has 0 heterocycles. The molecule has 1 atom stereocenters. The first-order chi connectivity index (χ1) is 7.47. The van der Waals surface area contributed by atoms with Crippen molar-refractivity contribution in [1.82, 2.24) is 0 Å². The molecule has 0 amide bonds. The van der Waals surface area contributed by atoms with Crippen molar-refractivity contribution in [2.45, 2.75) is 13.0 Å². The molecule has 7 heteroatoms. The monoisotopic (exact) mass is 311 g/mol. The number of alkyl halides is 1. The van der Waals surface area contributed by atoms with Crippen LogP contribution >= 0.6 is 27.5 Å². The van der Waals surface area contributed by atoms with E-state index < -0.39 is 10.7 Å². The van der Waals surface area contributed by atoms with Gasteiger partial charge in [0.25, 0.3) is 0 Å². The van der Waals surface area contributed by atoms with Crippen LogP contribution in [-0.4, -0.2) is 16.4 Å². The minimum absolute atomic E-state index is 0.237. The lowest BCUT2D eigenvalue weighted by Crippen LogP contribution is -2.14. The molecule has 0 bridgehead atoms. The molecule has 1 rings (SSSR count). The summed E-state index contributed by atoms with van der Waals surface area (Å²) in [5.41, 5.74) is -0.348. The SMILES string of the molecule is C[C@@H](CBr)Oc1c([N+](=O)[O-])ccc(F)c1Cl. The zero-order valence-corrected chi connectivity index (χ0v) is 10.6. The topological polar surface area (TPSA) is 52.4 Å². The molecule has 0 saturated heterocycles. The molecule has 0 fully saturated rings. The van der Waals surface area contributed by atoms with Crippen molar-refractivity contribution in [1.29, 1.82) is 0 Å². The van der Waals surface area contributed by atoms with Gasteiger partial charge in [-0.25, -0.2) is 4.39 Å². The summed E-state index contributed by atoms with van der Waals surface area (Å²) < 4.78 is 18.3. The molecular formula is C9H8BrClFNO3. The van der Waals surface area contributed by atoms with Crippen LogP contribution in [0.25, 0.3) is 0 Å². The maximum Gasteiger partial charge on any atom is 0.312 e. The molecule has 0 saturated carbocycles. The van der Waals surface area contributed by atoms with E-state index in [0.29, 0.717) is 5.33 Å². The first-order valence-electron chi connectivity index (χ1n) is 4.32. The minimum Gasteiger partial charge on any atom is -0.482 e. The summed E-state index contributed by atoms with van der Waals surface area (Å²) >= 11 is 8.77. The third-order valence-electron chi connectivity index (χ3n) is 1.76. The number of halogens is 3. The molecule has 4 nitrogen and oxygen atoms in total. The quantitative estimate of drug-likeness (QED) is 0.485. The highest BCUT2D eigenvalue weighted by molar-refractivity contribution is 9.09. The molecule has 0 aromatic heterocycles. The van der Waals surface area contributed by atoms with Crippen molar-refractivity contribution in [3.8, 4) is 5.75 Å². The van der Waals surface area contributed by atoms with Crippen molar-refractivity contribution in [3.05, 3.63) is 33.1 Å². The number of benzene rings is 1. The average Bonchev–Trinajstić information content (AvgIpc) is 2.24. The van der Waals surface area contributed by atoms with E-state index in [1.807, 2.05) is 0 Å². The zero-order chi connectivity index (χ0) is 12.3. The third kappa shape index (κ3) is 2.82. The number of hydrogen-bond acceptors (Lipinski definition) is 3. The van der Waals surface area contributed by atoms with Gasteiger partial charge in [-0.05, 0) is 13.0 Å². The summed E-state index contributed by atoms with van der Waals surface area (Å²) in [5, 5.41) is 10.8. The van der Waals surface area contributed by atoms with E-state index >= 15 is 0 Å². The van der Waals surface area contributed by atoms with Gasteiger partial charge in [-0.1, -0.05) is 27.5 Å². The molecule has 0 radical (unpaired) electrons. The summed E-state index contributed by atoms with van der Waals surface area (Å²) in [5.74, 6) is -0.984. The number of rotatable bonds is 4. The Labute approximate surface area is 105 Å². The normalized spacial score (nSPS) is 12.2. The molecule has 1 aromatic rings. The predicted molar refractivity (Wildman–Crippen MR) is 61.9 cm³/mol. The Balaban J connectivity index is 3.21. The van der Waals surface area contributed by atoms with Gasteiger partial charge >= 0.3 is 5.69 Å². The van der Waals surface area contributed by atoms with Gasteiger partial charge in [0.1, 0.15) is 16.9 Å². The fourth-order valence-corrected chi connectivity index (χ4v) is 1.35. The molecule has 1 aromatic carbocycles. The summed E-state index contributed by atoms with van der Waals surface area (Å²) in [4.78, 5) is 10.0. The van der Waals surface area contributed by atoms with E-state index in [1.165, 1.54) is 0 Å². The van der Waals surface area contributed by atoms with E-state index in [-0.39, 0.29) is 22.6 Å². The lowest BCUT2D eigenvalue weighted by molar-refractivity contribution is -0.386. The van der Waals surface area contributed by atoms with Gasteiger partial charge in [0.05, 0.1) is 4.92 Å². The minimum atomic E-state index is -0.746. The molecule has 0 N–H and O–H groups in total. The molecule has 0 spiro atoms. The Kier molecular flexibility index (Phi) is 4.49. The summed E-state index contributed by atoms with van der Waals surface area (Å²) in [6.45, 7) is 1.68. The predicted octanol–water partition coefficient (Wildman–Crippen LogP) is 3.55. The highest BCUT2D eigenvalue weighted by Gasteiger charge is 2.23. The Morgan fingerprint density at radius 1 is 1.69 bits per heavy atom. The van der Waals surface area contributed by atoms with Crippen LogP contribution in [0.3, 0.4) is 0 Å². The van der Waals surface area contributed by atoms with Crippen LogP contribution in [0, 0.1) is 15.9 Å². The maximum absolute atomic E-state index is 13.1. The Bertz CT molecular complexity index is 416. The van der Waals surface area contributed by atoms with Crippen molar-refractivity contribution in [2.24, 2.45) is 0 Å². The van der Waals surface area contributed by atoms with Crippen molar-refractivity contribution in [3.63, 3.8) is 0 Å². The number of nitro groups is 1. The third-order valence-corrected chi connectivity index (χ3v) is 3.03. The highest BCUT2D eigenvalue weighted by atomic mass is 79.9. The van der Waals surface area contributed by atoms with Gasteiger partial charge in [0.2, 0.25) is 5.75 Å². The molecule has 0 aliphatic rings. The molecule has 0 aliphatic heterocycles. The molecule has 0 unspecified atom stereocenters. The number of hydrogen-bond donors (Lipinski definition) is 0. The van der Waals surface area contributed by atoms with Gasteiger partial charge in [0.15, 0.2) is 0 Å². The van der Waals surface area contributed by atoms with E-state index in [4.69, 9.17) is 16.3 Å².